The molecule has 58 valence electrons. The van der Waals surface area contributed by atoms with Gasteiger partial charge in [0.2, 0.25) is 0 Å². The molecule has 0 N–H and O–H groups in total. The van der Waals surface area contributed by atoms with Crippen LogP contribution in [0.5, 0.6) is 0 Å². The van der Waals surface area contributed by atoms with Gasteiger partial charge in [0.1, 0.15) is 0 Å². The lowest BCUT2D eigenvalue weighted by atomic mass is 10.2. The average molecular weight is 139 g/mol. The highest BCUT2D eigenvalue weighted by atomic mass is 14.7. The van der Waals surface area contributed by atoms with Gasteiger partial charge in [-0.3, -0.25) is 4.99 Å². The second-order valence-corrected chi connectivity index (χ2v) is 3.02. The van der Waals surface area contributed by atoms with E-state index in [4.69, 9.17) is 0 Å². The highest BCUT2D eigenvalue weighted by Gasteiger charge is 1.81. The normalized spacial score (nSPS) is 13.0. The summed E-state index contributed by atoms with van der Waals surface area (Å²) < 4.78 is 0. The van der Waals surface area contributed by atoms with Crippen LogP contribution in [0.25, 0.3) is 0 Å². The van der Waals surface area contributed by atoms with Gasteiger partial charge in [0.25, 0.3) is 0 Å². The smallest absolute Gasteiger partial charge is 0.0443 e. The zero-order valence-corrected chi connectivity index (χ0v) is 7.33. The Morgan fingerprint density at radius 3 is 2.10 bits per heavy atom. The standard InChI is InChI=1S/C9H17N/c1-8(2)6-5-7-10-9(3)4/h5-9H,1-4H3/b6-5-,10-7?. The van der Waals surface area contributed by atoms with Crippen molar-refractivity contribution < 1.29 is 0 Å². The summed E-state index contributed by atoms with van der Waals surface area (Å²) in [6.45, 7) is 8.44. The van der Waals surface area contributed by atoms with Crippen LogP contribution in [-0.4, -0.2) is 12.3 Å². The summed E-state index contributed by atoms with van der Waals surface area (Å²) in [5, 5.41) is 0. The molecule has 0 fully saturated rings. The van der Waals surface area contributed by atoms with Crippen LogP contribution in [0.4, 0.5) is 0 Å². The number of rotatable bonds is 3. The van der Waals surface area contributed by atoms with E-state index in [0.29, 0.717) is 12.0 Å². The van der Waals surface area contributed by atoms with Crippen molar-refractivity contribution in [2.75, 3.05) is 0 Å². The zero-order valence-electron chi connectivity index (χ0n) is 7.33. The van der Waals surface area contributed by atoms with Crippen LogP contribution < -0.4 is 0 Å². The van der Waals surface area contributed by atoms with Gasteiger partial charge in [-0.1, -0.05) is 19.9 Å². The number of hydrogen-bond acceptors (Lipinski definition) is 1. The van der Waals surface area contributed by atoms with Crippen LogP contribution in [0.2, 0.25) is 0 Å². The second-order valence-electron chi connectivity index (χ2n) is 3.02. The molecule has 1 nitrogen and oxygen atoms in total. The van der Waals surface area contributed by atoms with E-state index in [1.54, 1.807) is 0 Å². The Bertz CT molecular complexity index is 105. The van der Waals surface area contributed by atoms with Crippen molar-refractivity contribution in [3.8, 4) is 0 Å². The highest BCUT2D eigenvalue weighted by Crippen LogP contribution is 1.91. The first-order valence-electron chi connectivity index (χ1n) is 3.83. The SMILES string of the molecule is CC(C)/C=C\C=NC(C)C. The Hall–Kier alpha value is -0.590. The quantitative estimate of drug-likeness (QED) is 0.533. The first-order chi connectivity index (χ1) is 4.63. The molecule has 0 unspecified atom stereocenters. The van der Waals surface area contributed by atoms with Gasteiger partial charge in [0.15, 0.2) is 0 Å². The summed E-state index contributed by atoms with van der Waals surface area (Å²) in [6.07, 6.45) is 6.00. The molecule has 0 saturated heterocycles. The van der Waals surface area contributed by atoms with Crippen molar-refractivity contribution in [3.05, 3.63) is 12.2 Å². The summed E-state index contributed by atoms with van der Waals surface area (Å²) >= 11 is 0. The van der Waals surface area contributed by atoms with Gasteiger partial charge in [-0.25, -0.2) is 0 Å². The maximum atomic E-state index is 4.18. The van der Waals surface area contributed by atoms with Crippen molar-refractivity contribution in [1.82, 2.24) is 0 Å². The minimum atomic E-state index is 0.414. The van der Waals surface area contributed by atoms with E-state index in [9.17, 15) is 0 Å². The van der Waals surface area contributed by atoms with E-state index >= 15 is 0 Å². The Morgan fingerprint density at radius 1 is 1.10 bits per heavy atom. The first kappa shape index (κ1) is 9.41. The number of nitrogens with zero attached hydrogens (tertiary/aromatic N) is 1. The second kappa shape index (κ2) is 5.21. The molecular formula is C9H17N. The molecule has 1 heteroatoms. The van der Waals surface area contributed by atoms with E-state index in [1.165, 1.54) is 0 Å². The van der Waals surface area contributed by atoms with Crippen molar-refractivity contribution in [2.45, 2.75) is 33.7 Å². The number of aliphatic imine (C=N–C) groups is 1. The Balaban J connectivity index is 3.52. The summed E-state index contributed by atoms with van der Waals surface area (Å²) in [7, 11) is 0. The lowest BCUT2D eigenvalue weighted by Crippen LogP contribution is -1.87. The number of hydrogen-bond donors (Lipinski definition) is 0. The molecule has 0 amide bonds. The van der Waals surface area contributed by atoms with Crippen LogP contribution in [0.1, 0.15) is 27.7 Å². The van der Waals surface area contributed by atoms with Gasteiger partial charge in [0.05, 0.1) is 0 Å². The third-order valence-corrected chi connectivity index (χ3v) is 0.966. The van der Waals surface area contributed by atoms with E-state index in [0.717, 1.165) is 0 Å². The van der Waals surface area contributed by atoms with Crippen LogP contribution in [0.3, 0.4) is 0 Å². The number of allylic oxidation sites excluding steroid dienone is 2. The van der Waals surface area contributed by atoms with Gasteiger partial charge >= 0.3 is 0 Å². The molecule has 0 heterocycles. The predicted octanol–water partition coefficient (Wildman–Crippen LogP) is 2.68. The third-order valence-electron chi connectivity index (χ3n) is 0.966. The Labute approximate surface area is 63.9 Å². The molecule has 0 spiro atoms. The monoisotopic (exact) mass is 139 g/mol. The minimum absolute atomic E-state index is 0.414. The van der Waals surface area contributed by atoms with Gasteiger partial charge in [-0.15, -0.1) is 0 Å². The van der Waals surface area contributed by atoms with Gasteiger partial charge < -0.3 is 0 Å². The topological polar surface area (TPSA) is 12.4 Å². The molecule has 0 aliphatic rings. The summed E-state index contributed by atoms with van der Waals surface area (Å²) in [5.74, 6) is 0.624. The fraction of sp³-hybridized carbons (Fsp3) is 0.667. The summed E-state index contributed by atoms with van der Waals surface area (Å²) in [4.78, 5) is 4.18. The predicted molar refractivity (Wildman–Crippen MR) is 47.6 cm³/mol. The summed E-state index contributed by atoms with van der Waals surface area (Å²) in [6, 6.07) is 0.414. The highest BCUT2D eigenvalue weighted by molar-refractivity contribution is 5.71. The van der Waals surface area contributed by atoms with E-state index in [-0.39, 0.29) is 0 Å². The molecule has 0 aromatic carbocycles. The fourth-order valence-corrected chi connectivity index (χ4v) is 0.494. The maximum Gasteiger partial charge on any atom is 0.0443 e. The molecule has 0 aliphatic carbocycles. The van der Waals surface area contributed by atoms with Crippen LogP contribution >= 0.6 is 0 Å². The molecule has 0 radical (unpaired) electrons. The lowest BCUT2D eigenvalue weighted by Gasteiger charge is -1.92. The minimum Gasteiger partial charge on any atom is -0.290 e. The van der Waals surface area contributed by atoms with E-state index in [2.05, 4.69) is 38.8 Å². The molecular weight excluding hydrogens is 122 g/mol. The molecule has 0 aliphatic heterocycles. The lowest BCUT2D eigenvalue weighted by molar-refractivity contribution is 0.829. The maximum absolute atomic E-state index is 4.18. The average Bonchev–Trinajstić information content (AvgIpc) is 1.79. The molecule has 0 rings (SSSR count). The molecule has 0 atom stereocenters. The molecule has 0 aromatic rings. The van der Waals surface area contributed by atoms with Gasteiger partial charge in [-0.05, 0) is 25.8 Å². The Kier molecular flexibility index (Phi) is 4.91. The van der Waals surface area contributed by atoms with Crippen molar-refractivity contribution in [3.63, 3.8) is 0 Å². The van der Waals surface area contributed by atoms with Crippen LogP contribution in [0.15, 0.2) is 17.1 Å². The van der Waals surface area contributed by atoms with Crippen molar-refractivity contribution in [2.24, 2.45) is 10.9 Å². The van der Waals surface area contributed by atoms with Crippen molar-refractivity contribution in [1.29, 1.82) is 0 Å². The molecule has 0 bridgehead atoms. The molecule has 10 heavy (non-hydrogen) atoms. The van der Waals surface area contributed by atoms with Crippen molar-refractivity contribution >= 4 is 6.21 Å². The van der Waals surface area contributed by atoms with Gasteiger partial charge in [-0.2, -0.15) is 0 Å². The van der Waals surface area contributed by atoms with Crippen LogP contribution in [0, 0.1) is 5.92 Å². The Morgan fingerprint density at radius 2 is 1.70 bits per heavy atom. The third kappa shape index (κ3) is 7.41. The molecule has 0 aromatic heterocycles. The van der Waals surface area contributed by atoms with E-state index in [1.807, 2.05) is 12.3 Å². The van der Waals surface area contributed by atoms with Gasteiger partial charge in [0, 0.05) is 12.3 Å². The fourth-order valence-electron chi connectivity index (χ4n) is 0.494. The van der Waals surface area contributed by atoms with Crippen LogP contribution in [-0.2, 0) is 0 Å². The summed E-state index contributed by atoms with van der Waals surface area (Å²) in [5.41, 5.74) is 0. The van der Waals surface area contributed by atoms with E-state index < -0.39 is 0 Å². The molecule has 0 saturated carbocycles. The zero-order chi connectivity index (χ0) is 7.98. The largest absolute Gasteiger partial charge is 0.290 e. The first-order valence-corrected chi connectivity index (χ1v) is 3.83.